The van der Waals surface area contributed by atoms with Crippen LogP contribution in [0.2, 0.25) is 0 Å². The summed E-state index contributed by atoms with van der Waals surface area (Å²) < 4.78 is 5.22. The van der Waals surface area contributed by atoms with Gasteiger partial charge in [0.2, 0.25) is 11.9 Å². The molecule has 1 aliphatic rings. The maximum absolute atomic E-state index is 6.02. The number of methoxy groups -OCH3 is 1. The monoisotopic (exact) mass is 495 g/mol. The van der Waals surface area contributed by atoms with Crippen LogP contribution in [0.3, 0.4) is 0 Å². The molecule has 1 aliphatic heterocycles. The largest absolute Gasteiger partial charge is 0.497 e. The highest BCUT2D eigenvalue weighted by molar-refractivity contribution is 5.35. The van der Waals surface area contributed by atoms with E-state index in [4.69, 9.17) is 10.5 Å². The SMILES string of the molecule is COc1ccc(CNc2nc(N)nc(CN3CCN(C(c4ccccc4)c4ccccc4)CC3)n2)cc1. The van der Waals surface area contributed by atoms with Crippen LogP contribution in [0.15, 0.2) is 84.9 Å². The molecule has 0 atom stereocenters. The van der Waals surface area contributed by atoms with E-state index in [-0.39, 0.29) is 12.0 Å². The van der Waals surface area contributed by atoms with Crippen LogP contribution < -0.4 is 15.8 Å². The zero-order valence-corrected chi connectivity index (χ0v) is 21.1. The molecule has 3 N–H and O–H groups in total. The quantitative estimate of drug-likeness (QED) is 0.360. The van der Waals surface area contributed by atoms with Crippen molar-refractivity contribution in [2.24, 2.45) is 0 Å². The minimum Gasteiger partial charge on any atom is -0.497 e. The number of aromatic nitrogens is 3. The van der Waals surface area contributed by atoms with Crippen molar-refractivity contribution in [2.45, 2.75) is 19.1 Å². The van der Waals surface area contributed by atoms with Crippen LogP contribution in [0.25, 0.3) is 0 Å². The first-order valence-corrected chi connectivity index (χ1v) is 12.6. The lowest BCUT2D eigenvalue weighted by Gasteiger charge is -2.39. The fraction of sp³-hybridized carbons (Fsp3) is 0.276. The minimum atomic E-state index is 0.231. The topological polar surface area (TPSA) is 92.4 Å². The van der Waals surface area contributed by atoms with E-state index in [2.05, 4.69) is 90.7 Å². The fourth-order valence-electron chi connectivity index (χ4n) is 4.78. The number of rotatable bonds is 9. The molecule has 1 aromatic heterocycles. The predicted molar refractivity (Wildman–Crippen MR) is 146 cm³/mol. The fourth-order valence-corrected chi connectivity index (χ4v) is 4.78. The van der Waals surface area contributed by atoms with Gasteiger partial charge in [-0.15, -0.1) is 0 Å². The van der Waals surface area contributed by atoms with Crippen molar-refractivity contribution in [3.05, 3.63) is 107 Å². The van der Waals surface area contributed by atoms with Gasteiger partial charge in [-0.25, -0.2) is 0 Å². The molecule has 8 nitrogen and oxygen atoms in total. The van der Waals surface area contributed by atoms with Crippen molar-refractivity contribution in [3.63, 3.8) is 0 Å². The average Bonchev–Trinajstić information content (AvgIpc) is 2.94. The number of nitrogens with two attached hydrogens (primary N) is 1. The number of benzene rings is 3. The summed E-state index contributed by atoms with van der Waals surface area (Å²) in [6.07, 6.45) is 0. The maximum atomic E-state index is 6.02. The van der Waals surface area contributed by atoms with Crippen LogP contribution in [-0.2, 0) is 13.1 Å². The molecule has 0 amide bonds. The van der Waals surface area contributed by atoms with Gasteiger partial charge >= 0.3 is 0 Å². The molecule has 8 heteroatoms. The molecule has 0 saturated carbocycles. The van der Waals surface area contributed by atoms with Crippen molar-refractivity contribution in [3.8, 4) is 5.75 Å². The summed E-state index contributed by atoms with van der Waals surface area (Å²) in [7, 11) is 1.66. The van der Waals surface area contributed by atoms with E-state index >= 15 is 0 Å². The molecule has 190 valence electrons. The lowest BCUT2D eigenvalue weighted by molar-refractivity contribution is 0.103. The van der Waals surface area contributed by atoms with Gasteiger partial charge in [-0.3, -0.25) is 9.80 Å². The summed E-state index contributed by atoms with van der Waals surface area (Å²) >= 11 is 0. The average molecular weight is 496 g/mol. The molecule has 0 spiro atoms. The van der Waals surface area contributed by atoms with Gasteiger partial charge in [0.1, 0.15) is 11.6 Å². The van der Waals surface area contributed by atoms with E-state index in [9.17, 15) is 0 Å². The molecule has 37 heavy (non-hydrogen) atoms. The lowest BCUT2D eigenvalue weighted by atomic mass is 9.96. The van der Waals surface area contributed by atoms with Crippen LogP contribution in [-0.4, -0.2) is 58.0 Å². The molecule has 0 aliphatic carbocycles. The van der Waals surface area contributed by atoms with Crippen molar-refractivity contribution in [1.82, 2.24) is 24.8 Å². The van der Waals surface area contributed by atoms with E-state index in [1.807, 2.05) is 24.3 Å². The first-order chi connectivity index (χ1) is 18.2. The highest BCUT2D eigenvalue weighted by atomic mass is 16.5. The third-order valence-electron chi connectivity index (χ3n) is 6.68. The summed E-state index contributed by atoms with van der Waals surface area (Å²) in [5.74, 6) is 2.23. The summed E-state index contributed by atoms with van der Waals surface area (Å²) in [6.45, 7) is 4.99. The van der Waals surface area contributed by atoms with Gasteiger partial charge in [0.15, 0.2) is 0 Å². The standard InChI is InChI=1S/C29H33N7O/c1-37-25-14-12-22(13-15-25)20-31-29-33-26(32-28(30)34-29)21-35-16-18-36(19-17-35)27(23-8-4-2-5-9-23)24-10-6-3-7-11-24/h2-15,27H,16-21H2,1H3,(H3,30,31,32,33,34). The summed E-state index contributed by atoms with van der Waals surface area (Å²) in [5.41, 5.74) is 9.76. The van der Waals surface area contributed by atoms with Gasteiger partial charge in [-0.2, -0.15) is 15.0 Å². The van der Waals surface area contributed by atoms with Gasteiger partial charge in [0.05, 0.1) is 19.7 Å². The molecular formula is C29H33N7O. The number of anilines is 2. The Labute approximate surface area is 218 Å². The van der Waals surface area contributed by atoms with Crippen LogP contribution in [0, 0.1) is 0 Å². The first kappa shape index (κ1) is 24.7. The molecule has 5 rings (SSSR count). The van der Waals surface area contributed by atoms with Gasteiger partial charge in [-0.05, 0) is 28.8 Å². The molecule has 4 aromatic rings. The van der Waals surface area contributed by atoms with E-state index < -0.39 is 0 Å². The lowest BCUT2D eigenvalue weighted by Crippen LogP contribution is -2.47. The molecule has 0 bridgehead atoms. The molecule has 2 heterocycles. The third-order valence-corrected chi connectivity index (χ3v) is 6.68. The second kappa shape index (κ2) is 11.8. The van der Waals surface area contributed by atoms with Crippen LogP contribution in [0.4, 0.5) is 11.9 Å². The van der Waals surface area contributed by atoms with Crippen molar-refractivity contribution in [2.75, 3.05) is 44.3 Å². The highest BCUT2D eigenvalue weighted by Gasteiger charge is 2.26. The molecule has 1 saturated heterocycles. The van der Waals surface area contributed by atoms with Crippen molar-refractivity contribution in [1.29, 1.82) is 0 Å². The number of hydrogen-bond acceptors (Lipinski definition) is 8. The number of nitrogens with one attached hydrogen (secondary N) is 1. The summed E-state index contributed by atoms with van der Waals surface area (Å²) in [4.78, 5) is 18.2. The van der Waals surface area contributed by atoms with E-state index in [0.717, 1.165) is 37.5 Å². The Bertz CT molecular complexity index is 1220. The van der Waals surface area contributed by atoms with Crippen LogP contribution in [0.1, 0.15) is 28.6 Å². The maximum Gasteiger partial charge on any atom is 0.228 e. The second-order valence-corrected chi connectivity index (χ2v) is 9.17. The number of piperazine rings is 1. The van der Waals surface area contributed by atoms with Gasteiger partial charge in [-0.1, -0.05) is 72.8 Å². The van der Waals surface area contributed by atoms with Crippen molar-refractivity contribution >= 4 is 11.9 Å². The third kappa shape index (κ3) is 6.41. The Morgan fingerprint density at radius 3 is 2.03 bits per heavy atom. The van der Waals surface area contributed by atoms with Crippen molar-refractivity contribution < 1.29 is 4.74 Å². The zero-order valence-electron chi connectivity index (χ0n) is 21.1. The van der Waals surface area contributed by atoms with E-state index in [1.54, 1.807) is 7.11 Å². The molecule has 1 fully saturated rings. The van der Waals surface area contributed by atoms with Gasteiger partial charge < -0.3 is 15.8 Å². The number of nitrogen functional groups attached to an aromatic ring is 1. The molecule has 0 radical (unpaired) electrons. The van der Waals surface area contributed by atoms with Gasteiger partial charge in [0.25, 0.3) is 0 Å². The predicted octanol–water partition coefficient (Wildman–Crippen LogP) is 3.98. The molecule has 0 unspecified atom stereocenters. The summed E-state index contributed by atoms with van der Waals surface area (Å²) in [6, 6.07) is 29.6. The Kier molecular flexibility index (Phi) is 7.88. The van der Waals surface area contributed by atoms with E-state index in [1.165, 1.54) is 11.1 Å². The van der Waals surface area contributed by atoms with Crippen LogP contribution >= 0.6 is 0 Å². The minimum absolute atomic E-state index is 0.231. The number of hydrogen-bond donors (Lipinski definition) is 2. The summed E-state index contributed by atoms with van der Waals surface area (Å²) in [5, 5.41) is 3.27. The first-order valence-electron chi connectivity index (χ1n) is 12.6. The Morgan fingerprint density at radius 1 is 0.811 bits per heavy atom. The number of ether oxygens (including phenoxy) is 1. The smallest absolute Gasteiger partial charge is 0.228 e. The molecular weight excluding hydrogens is 462 g/mol. The Balaban J connectivity index is 1.21. The van der Waals surface area contributed by atoms with Gasteiger partial charge in [0, 0.05) is 32.7 Å². The highest BCUT2D eigenvalue weighted by Crippen LogP contribution is 2.29. The van der Waals surface area contributed by atoms with E-state index in [0.29, 0.717) is 24.9 Å². The molecule has 3 aromatic carbocycles. The number of nitrogens with zero attached hydrogens (tertiary/aromatic N) is 5. The Morgan fingerprint density at radius 2 is 1.43 bits per heavy atom. The van der Waals surface area contributed by atoms with Crippen LogP contribution in [0.5, 0.6) is 5.75 Å². The Hall–Kier alpha value is -4.01. The second-order valence-electron chi connectivity index (χ2n) is 9.17. The zero-order chi connectivity index (χ0) is 25.5. The normalized spacial score (nSPS) is 14.5.